The van der Waals surface area contributed by atoms with Crippen LogP contribution in [0.15, 0.2) is 82.8 Å². The number of nitrogens with zero attached hydrogens (tertiary/aromatic N) is 5. The van der Waals surface area contributed by atoms with Crippen LogP contribution in [0.25, 0.3) is 5.65 Å². The highest BCUT2D eigenvalue weighted by atomic mass is 127. The molecule has 0 saturated carbocycles. The molecule has 160 valence electrons. The van der Waals surface area contributed by atoms with Gasteiger partial charge in [-0.25, -0.2) is 0 Å². The minimum Gasteiger partial charge on any atom is -0.352 e. The number of halogens is 1. The summed E-state index contributed by atoms with van der Waals surface area (Å²) in [5.74, 6) is 1.50. The molecule has 0 saturated heterocycles. The molecule has 0 atom stereocenters. The molecule has 0 spiro atoms. The van der Waals surface area contributed by atoms with Crippen LogP contribution in [0, 0.1) is 0 Å². The molecule has 3 aromatic heterocycles. The maximum Gasteiger partial charge on any atom is 0.250 e. The van der Waals surface area contributed by atoms with Gasteiger partial charge in [0.05, 0.1) is 13.1 Å². The monoisotopic (exact) mass is 529 g/mol. The van der Waals surface area contributed by atoms with E-state index in [2.05, 4.69) is 38.0 Å². The quantitative estimate of drug-likeness (QED) is 0.228. The van der Waals surface area contributed by atoms with Crippen LogP contribution < -0.4 is 16.2 Å². The molecule has 0 unspecified atom stereocenters. The summed E-state index contributed by atoms with van der Waals surface area (Å²) < 4.78 is 3.63. The van der Waals surface area contributed by atoms with Crippen LogP contribution >= 0.6 is 24.0 Å². The lowest BCUT2D eigenvalue weighted by atomic mass is 10.1. The lowest BCUT2D eigenvalue weighted by Gasteiger charge is -2.12. The smallest absolute Gasteiger partial charge is 0.250 e. The Hall–Kier alpha value is -3.21. The molecule has 9 heteroatoms. The van der Waals surface area contributed by atoms with Crippen LogP contribution in [0.1, 0.15) is 17.0 Å². The minimum absolute atomic E-state index is 0. The van der Waals surface area contributed by atoms with E-state index in [1.165, 1.54) is 0 Å². The standard InChI is InChI=1S/C22H23N7O.HI/c1-23-22(25-15-20-27-26-19-6-2-5-13-29(19)20)24-14-17-8-10-18(11-9-17)16-28-12-4-3-7-21(28)30;/h2-13H,14-16H2,1H3,(H2,23,24,25);1H. The van der Waals surface area contributed by atoms with Crippen molar-refractivity contribution in [1.82, 2.24) is 29.8 Å². The third-order valence-corrected chi connectivity index (χ3v) is 4.76. The summed E-state index contributed by atoms with van der Waals surface area (Å²) in [6.45, 7) is 1.70. The van der Waals surface area contributed by atoms with Crippen LogP contribution in [-0.2, 0) is 19.6 Å². The summed E-state index contributed by atoms with van der Waals surface area (Å²) in [6, 6.07) is 19.2. The number of pyridine rings is 2. The van der Waals surface area contributed by atoms with Crippen molar-refractivity contribution >= 4 is 35.6 Å². The predicted molar refractivity (Wildman–Crippen MR) is 132 cm³/mol. The molecule has 4 rings (SSSR count). The molecule has 4 aromatic rings. The van der Waals surface area contributed by atoms with Crippen molar-refractivity contribution in [3.63, 3.8) is 0 Å². The van der Waals surface area contributed by atoms with Crippen molar-refractivity contribution in [2.24, 2.45) is 4.99 Å². The number of nitrogens with one attached hydrogen (secondary N) is 2. The number of fused-ring (bicyclic) bond motifs is 1. The Bertz CT molecular complexity index is 1210. The Labute approximate surface area is 197 Å². The Kier molecular flexibility index (Phi) is 7.76. The summed E-state index contributed by atoms with van der Waals surface area (Å²) in [7, 11) is 1.73. The van der Waals surface area contributed by atoms with Crippen LogP contribution in [-0.4, -0.2) is 32.2 Å². The van der Waals surface area contributed by atoms with Crippen LogP contribution in [0.5, 0.6) is 0 Å². The van der Waals surface area contributed by atoms with E-state index in [9.17, 15) is 4.79 Å². The van der Waals surface area contributed by atoms with E-state index in [4.69, 9.17) is 0 Å². The van der Waals surface area contributed by atoms with Gasteiger partial charge in [-0.2, -0.15) is 0 Å². The summed E-state index contributed by atoms with van der Waals surface area (Å²) in [6.07, 6.45) is 3.74. The Morgan fingerprint density at radius 1 is 0.903 bits per heavy atom. The molecule has 1 aromatic carbocycles. The van der Waals surface area contributed by atoms with E-state index < -0.39 is 0 Å². The van der Waals surface area contributed by atoms with Gasteiger partial charge in [0.1, 0.15) is 0 Å². The van der Waals surface area contributed by atoms with Gasteiger partial charge in [0.2, 0.25) is 0 Å². The first kappa shape index (κ1) is 22.5. The number of benzene rings is 1. The van der Waals surface area contributed by atoms with E-state index in [0.29, 0.717) is 25.6 Å². The third-order valence-electron chi connectivity index (χ3n) is 4.76. The summed E-state index contributed by atoms with van der Waals surface area (Å²) in [5.41, 5.74) is 3.01. The van der Waals surface area contributed by atoms with Gasteiger partial charge in [0.25, 0.3) is 5.56 Å². The highest BCUT2D eigenvalue weighted by Gasteiger charge is 2.06. The first-order valence-electron chi connectivity index (χ1n) is 9.69. The number of rotatable bonds is 6. The molecule has 31 heavy (non-hydrogen) atoms. The first-order valence-corrected chi connectivity index (χ1v) is 9.69. The van der Waals surface area contributed by atoms with Crippen molar-refractivity contribution < 1.29 is 0 Å². The SMILES string of the molecule is CN=C(NCc1ccc(Cn2ccccc2=O)cc1)NCc1nnc2ccccn12.I. The number of guanidine groups is 1. The molecule has 0 aliphatic rings. The Morgan fingerprint density at radius 3 is 2.39 bits per heavy atom. The number of aromatic nitrogens is 4. The maximum atomic E-state index is 11.8. The summed E-state index contributed by atoms with van der Waals surface area (Å²) >= 11 is 0. The topological polar surface area (TPSA) is 88.6 Å². The molecule has 0 aliphatic heterocycles. The fourth-order valence-electron chi connectivity index (χ4n) is 3.13. The average molecular weight is 529 g/mol. The number of hydrogen-bond donors (Lipinski definition) is 2. The summed E-state index contributed by atoms with van der Waals surface area (Å²) in [5, 5.41) is 14.9. The zero-order chi connectivity index (χ0) is 20.8. The van der Waals surface area contributed by atoms with E-state index in [-0.39, 0.29) is 29.5 Å². The van der Waals surface area contributed by atoms with Gasteiger partial charge in [-0.15, -0.1) is 34.2 Å². The van der Waals surface area contributed by atoms with E-state index in [0.717, 1.165) is 22.6 Å². The van der Waals surface area contributed by atoms with Gasteiger partial charge in [-0.1, -0.05) is 36.4 Å². The molecule has 0 amide bonds. The first-order chi connectivity index (χ1) is 14.7. The van der Waals surface area contributed by atoms with Crippen molar-refractivity contribution in [3.05, 3.63) is 100 Å². The van der Waals surface area contributed by atoms with Gasteiger partial charge in [0.15, 0.2) is 17.4 Å². The van der Waals surface area contributed by atoms with Gasteiger partial charge >= 0.3 is 0 Å². The van der Waals surface area contributed by atoms with E-state index in [1.54, 1.807) is 29.9 Å². The van der Waals surface area contributed by atoms with Crippen LogP contribution in [0.4, 0.5) is 0 Å². The van der Waals surface area contributed by atoms with Crippen molar-refractivity contribution in [3.8, 4) is 0 Å². The van der Waals surface area contributed by atoms with Crippen molar-refractivity contribution in [2.45, 2.75) is 19.6 Å². The third kappa shape index (κ3) is 5.69. The normalized spacial score (nSPS) is 11.2. The van der Waals surface area contributed by atoms with Crippen molar-refractivity contribution in [1.29, 1.82) is 0 Å². The maximum absolute atomic E-state index is 11.8. The molecule has 8 nitrogen and oxygen atoms in total. The molecule has 0 aliphatic carbocycles. The van der Waals surface area contributed by atoms with Gasteiger partial charge in [-0.3, -0.25) is 14.2 Å². The molecule has 0 radical (unpaired) electrons. The predicted octanol–water partition coefficient (Wildman–Crippen LogP) is 2.42. The molecule has 2 N–H and O–H groups in total. The molecule has 0 fully saturated rings. The molecular formula is C22H24IN7O. The highest BCUT2D eigenvalue weighted by Crippen LogP contribution is 2.06. The van der Waals surface area contributed by atoms with E-state index >= 15 is 0 Å². The second-order valence-electron chi connectivity index (χ2n) is 6.81. The van der Waals surface area contributed by atoms with Gasteiger partial charge < -0.3 is 15.2 Å². The largest absolute Gasteiger partial charge is 0.352 e. The van der Waals surface area contributed by atoms with Gasteiger partial charge in [0, 0.05) is 32.1 Å². The Morgan fingerprint density at radius 2 is 1.61 bits per heavy atom. The number of aliphatic imine (C=N–C) groups is 1. The van der Waals surface area contributed by atoms with Crippen LogP contribution in [0.3, 0.4) is 0 Å². The molecular weight excluding hydrogens is 505 g/mol. The number of hydrogen-bond acceptors (Lipinski definition) is 4. The Balaban J connectivity index is 0.00000272. The molecule has 3 heterocycles. The van der Waals surface area contributed by atoms with Crippen LogP contribution in [0.2, 0.25) is 0 Å². The lowest BCUT2D eigenvalue weighted by Crippen LogP contribution is -2.36. The minimum atomic E-state index is -0.00132. The summed E-state index contributed by atoms with van der Waals surface area (Å²) in [4.78, 5) is 16.1. The zero-order valence-electron chi connectivity index (χ0n) is 17.1. The zero-order valence-corrected chi connectivity index (χ0v) is 19.4. The lowest BCUT2D eigenvalue weighted by molar-refractivity contribution is 0.755. The second kappa shape index (κ2) is 10.7. The van der Waals surface area contributed by atoms with Gasteiger partial charge in [-0.05, 0) is 29.3 Å². The fourth-order valence-corrected chi connectivity index (χ4v) is 3.13. The molecule has 0 bridgehead atoms. The van der Waals surface area contributed by atoms with Crippen molar-refractivity contribution in [2.75, 3.05) is 7.05 Å². The fraction of sp³-hybridized carbons (Fsp3) is 0.182. The average Bonchev–Trinajstić information content (AvgIpc) is 3.20. The highest BCUT2D eigenvalue weighted by molar-refractivity contribution is 14.0. The van der Waals surface area contributed by atoms with E-state index in [1.807, 2.05) is 47.0 Å². The second-order valence-corrected chi connectivity index (χ2v) is 6.81.